The first-order valence-electron chi connectivity index (χ1n) is 9.42. The summed E-state index contributed by atoms with van der Waals surface area (Å²) >= 11 is 0. The van der Waals surface area contributed by atoms with Crippen LogP contribution in [0.25, 0.3) is 0 Å². The summed E-state index contributed by atoms with van der Waals surface area (Å²) in [5, 5.41) is 9.50. The minimum Gasteiger partial charge on any atom is -0.392 e. The van der Waals surface area contributed by atoms with Crippen molar-refractivity contribution in [3.63, 3.8) is 0 Å². The van der Waals surface area contributed by atoms with Gasteiger partial charge in [0.1, 0.15) is 0 Å². The molecule has 0 aromatic carbocycles. The number of aliphatic hydroxyl groups is 1. The van der Waals surface area contributed by atoms with Crippen LogP contribution in [-0.4, -0.2) is 82.6 Å². The van der Waals surface area contributed by atoms with Crippen LogP contribution in [0.15, 0.2) is 24.5 Å². The predicted octanol–water partition coefficient (Wildman–Crippen LogP) is 0.819. The topological polar surface area (TPSA) is 59.9 Å². The highest BCUT2D eigenvalue weighted by atomic mass is 16.3. The van der Waals surface area contributed by atoms with E-state index in [1.54, 1.807) is 6.20 Å². The quantitative estimate of drug-likeness (QED) is 0.855. The highest BCUT2D eigenvalue weighted by Crippen LogP contribution is 2.21. The van der Waals surface area contributed by atoms with Crippen LogP contribution in [0.1, 0.15) is 25.3 Å². The fraction of sp³-hybridized carbons (Fsp3) is 0.684. The van der Waals surface area contributed by atoms with Crippen molar-refractivity contribution in [3.05, 3.63) is 30.1 Å². The molecule has 25 heavy (non-hydrogen) atoms. The molecule has 0 radical (unpaired) electrons. The van der Waals surface area contributed by atoms with Crippen LogP contribution in [0.3, 0.4) is 0 Å². The first-order chi connectivity index (χ1) is 12.1. The molecular formula is C19H30N4O2. The second-order valence-electron chi connectivity index (χ2n) is 7.41. The van der Waals surface area contributed by atoms with Crippen molar-refractivity contribution in [1.29, 1.82) is 0 Å². The normalized spacial score (nSPS) is 24.2. The minimum absolute atomic E-state index is 0.119. The highest BCUT2D eigenvalue weighted by molar-refractivity contribution is 5.79. The second-order valence-corrected chi connectivity index (χ2v) is 7.41. The van der Waals surface area contributed by atoms with E-state index in [9.17, 15) is 9.90 Å². The van der Waals surface area contributed by atoms with Gasteiger partial charge in [0.15, 0.2) is 0 Å². The van der Waals surface area contributed by atoms with E-state index in [0.717, 1.165) is 58.7 Å². The van der Waals surface area contributed by atoms with Crippen molar-refractivity contribution in [2.24, 2.45) is 5.92 Å². The van der Waals surface area contributed by atoms with Gasteiger partial charge < -0.3 is 10.0 Å². The summed E-state index contributed by atoms with van der Waals surface area (Å²) in [5.41, 5.74) is 1.21. The molecule has 1 amide bonds. The number of β-amino-alcohol motifs (C(OH)–C–C–N with tert-alkyl or cyclic N) is 1. The number of pyridine rings is 1. The van der Waals surface area contributed by atoms with Gasteiger partial charge in [0.25, 0.3) is 0 Å². The zero-order valence-corrected chi connectivity index (χ0v) is 15.2. The third kappa shape index (κ3) is 5.23. The molecule has 0 spiro atoms. The number of piperazine rings is 1. The molecule has 2 saturated heterocycles. The van der Waals surface area contributed by atoms with Gasteiger partial charge in [-0.3, -0.25) is 19.6 Å². The third-order valence-corrected chi connectivity index (χ3v) is 5.19. The van der Waals surface area contributed by atoms with Gasteiger partial charge in [-0.05, 0) is 37.9 Å². The van der Waals surface area contributed by atoms with E-state index < -0.39 is 0 Å². The van der Waals surface area contributed by atoms with Crippen LogP contribution < -0.4 is 0 Å². The number of hydrogen-bond donors (Lipinski definition) is 1. The Bertz CT molecular complexity index is 544. The van der Waals surface area contributed by atoms with Crippen LogP contribution in [0.2, 0.25) is 0 Å². The van der Waals surface area contributed by atoms with Crippen molar-refractivity contribution in [1.82, 2.24) is 19.7 Å². The van der Waals surface area contributed by atoms with Crippen LogP contribution >= 0.6 is 0 Å². The maximum Gasteiger partial charge on any atom is 0.227 e. The fourth-order valence-electron chi connectivity index (χ4n) is 3.93. The van der Waals surface area contributed by atoms with Crippen LogP contribution in [-0.2, 0) is 11.3 Å². The lowest BCUT2D eigenvalue weighted by atomic mass is 9.96. The van der Waals surface area contributed by atoms with Crippen LogP contribution in [0.5, 0.6) is 0 Å². The Morgan fingerprint density at radius 3 is 2.76 bits per heavy atom. The lowest BCUT2D eigenvalue weighted by Gasteiger charge is -2.39. The van der Waals surface area contributed by atoms with E-state index in [2.05, 4.69) is 20.9 Å². The first kappa shape index (κ1) is 18.3. The molecule has 2 aliphatic heterocycles. The summed E-state index contributed by atoms with van der Waals surface area (Å²) in [7, 11) is 0. The number of hydrogen-bond acceptors (Lipinski definition) is 5. The Balaban J connectivity index is 1.49. The standard InChI is InChI=1S/C19H30N4O2/c1-16(24)13-21-8-10-23(11-9-21)19(25)18-5-3-7-22(15-18)14-17-4-2-6-20-12-17/h2,4,6,12,16,18,24H,3,5,7-11,13-15H2,1H3/t16-,18+/m0/s1. The number of aliphatic hydroxyl groups excluding tert-OH is 1. The summed E-state index contributed by atoms with van der Waals surface area (Å²) in [6.45, 7) is 8.59. The van der Waals surface area contributed by atoms with Crippen molar-refractivity contribution >= 4 is 5.91 Å². The Labute approximate surface area is 150 Å². The Hall–Kier alpha value is -1.50. The minimum atomic E-state index is -0.304. The molecule has 2 atom stereocenters. The smallest absolute Gasteiger partial charge is 0.227 e. The molecule has 3 heterocycles. The van der Waals surface area contributed by atoms with E-state index in [1.807, 2.05) is 24.1 Å². The van der Waals surface area contributed by atoms with Gasteiger partial charge in [0.2, 0.25) is 5.91 Å². The average molecular weight is 346 g/mol. The van der Waals surface area contributed by atoms with Gasteiger partial charge in [0, 0.05) is 58.2 Å². The predicted molar refractivity (Wildman–Crippen MR) is 96.9 cm³/mol. The third-order valence-electron chi connectivity index (χ3n) is 5.19. The number of rotatable bonds is 5. The number of aromatic nitrogens is 1. The molecule has 1 aromatic rings. The molecule has 3 rings (SSSR count). The van der Waals surface area contributed by atoms with Gasteiger partial charge in [-0.1, -0.05) is 6.07 Å². The maximum atomic E-state index is 12.9. The fourth-order valence-corrected chi connectivity index (χ4v) is 3.93. The molecule has 1 N–H and O–H groups in total. The monoisotopic (exact) mass is 346 g/mol. The highest BCUT2D eigenvalue weighted by Gasteiger charge is 2.31. The van der Waals surface area contributed by atoms with Gasteiger partial charge >= 0.3 is 0 Å². The molecule has 0 saturated carbocycles. The molecule has 2 fully saturated rings. The molecule has 0 unspecified atom stereocenters. The Kier molecular flexibility index (Phi) is 6.39. The number of amides is 1. The molecule has 2 aliphatic rings. The molecule has 6 heteroatoms. The zero-order valence-electron chi connectivity index (χ0n) is 15.2. The average Bonchev–Trinajstić information content (AvgIpc) is 2.62. The lowest BCUT2D eigenvalue weighted by Crippen LogP contribution is -2.53. The number of likely N-dealkylation sites (tertiary alicyclic amines) is 1. The van der Waals surface area contributed by atoms with E-state index in [4.69, 9.17) is 0 Å². The molecule has 1 aromatic heterocycles. The largest absolute Gasteiger partial charge is 0.392 e. The summed E-state index contributed by atoms with van der Waals surface area (Å²) in [5.74, 6) is 0.432. The van der Waals surface area contributed by atoms with Crippen molar-refractivity contribution in [2.75, 3.05) is 45.8 Å². The van der Waals surface area contributed by atoms with E-state index in [0.29, 0.717) is 12.5 Å². The molecule has 0 aliphatic carbocycles. The second kappa shape index (κ2) is 8.74. The molecule has 6 nitrogen and oxygen atoms in total. The summed E-state index contributed by atoms with van der Waals surface area (Å²) in [6.07, 6.45) is 5.48. The van der Waals surface area contributed by atoms with Crippen molar-refractivity contribution < 1.29 is 9.90 Å². The van der Waals surface area contributed by atoms with Gasteiger partial charge in [-0.25, -0.2) is 0 Å². The molecular weight excluding hydrogens is 316 g/mol. The van der Waals surface area contributed by atoms with Crippen LogP contribution in [0.4, 0.5) is 0 Å². The lowest BCUT2D eigenvalue weighted by molar-refractivity contribution is -0.139. The van der Waals surface area contributed by atoms with Crippen molar-refractivity contribution in [2.45, 2.75) is 32.4 Å². The number of piperidine rings is 1. The van der Waals surface area contributed by atoms with Crippen LogP contribution in [0, 0.1) is 5.92 Å². The van der Waals surface area contributed by atoms with Gasteiger partial charge in [-0.2, -0.15) is 0 Å². The van der Waals surface area contributed by atoms with E-state index >= 15 is 0 Å². The maximum absolute atomic E-state index is 12.9. The molecule has 0 bridgehead atoms. The van der Waals surface area contributed by atoms with E-state index in [-0.39, 0.29) is 12.0 Å². The SMILES string of the molecule is C[C@H](O)CN1CCN(C(=O)[C@@H]2CCCN(Cc3cccnc3)C2)CC1. The Morgan fingerprint density at radius 1 is 1.28 bits per heavy atom. The summed E-state index contributed by atoms with van der Waals surface area (Å²) in [4.78, 5) is 23.7. The number of nitrogens with zero attached hydrogens (tertiary/aromatic N) is 4. The number of carbonyl (C=O) groups is 1. The molecule has 138 valence electrons. The summed E-state index contributed by atoms with van der Waals surface area (Å²) in [6, 6.07) is 4.06. The van der Waals surface area contributed by atoms with E-state index in [1.165, 1.54) is 5.56 Å². The van der Waals surface area contributed by atoms with Crippen molar-refractivity contribution in [3.8, 4) is 0 Å². The van der Waals surface area contributed by atoms with Gasteiger partial charge in [-0.15, -0.1) is 0 Å². The zero-order chi connectivity index (χ0) is 17.6. The van der Waals surface area contributed by atoms with Gasteiger partial charge in [0.05, 0.1) is 12.0 Å². The summed E-state index contributed by atoms with van der Waals surface area (Å²) < 4.78 is 0. The first-order valence-corrected chi connectivity index (χ1v) is 9.42. The number of carbonyl (C=O) groups excluding carboxylic acids is 1. The Morgan fingerprint density at radius 2 is 2.08 bits per heavy atom.